The molecule has 0 spiro atoms. The van der Waals surface area contributed by atoms with Crippen LogP contribution in [0.3, 0.4) is 0 Å². The van der Waals surface area contributed by atoms with Gasteiger partial charge in [0, 0.05) is 6.42 Å². The summed E-state index contributed by atoms with van der Waals surface area (Å²) in [7, 11) is 0. The second-order valence-corrected chi connectivity index (χ2v) is 4.90. The zero-order valence-electron chi connectivity index (χ0n) is 7.68. The number of halogens is 1. The quantitative estimate of drug-likeness (QED) is 0.766. The largest absolute Gasteiger partial charge is 0.483 e. The molecule has 0 aliphatic carbocycles. The molecule has 0 amide bonds. The lowest BCUT2D eigenvalue weighted by molar-refractivity contribution is 0.237. The highest BCUT2D eigenvalue weighted by Crippen LogP contribution is 2.37. The SMILES string of the molecule is Clc1nnc(C2Cc3ccccc3O2)s1. The van der Waals surface area contributed by atoms with E-state index < -0.39 is 0 Å². The average molecular weight is 239 g/mol. The number of para-hydroxylation sites is 1. The summed E-state index contributed by atoms with van der Waals surface area (Å²) in [6.45, 7) is 0. The van der Waals surface area contributed by atoms with Crippen LogP contribution in [0.4, 0.5) is 0 Å². The summed E-state index contributed by atoms with van der Waals surface area (Å²) in [4.78, 5) is 0. The van der Waals surface area contributed by atoms with Gasteiger partial charge in [-0.25, -0.2) is 0 Å². The Bertz CT molecular complexity index is 475. The van der Waals surface area contributed by atoms with E-state index in [1.807, 2.05) is 18.2 Å². The summed E-state index contributed by atoms with van der Waals surface area (Å²) < 4.78 is 6.22. The molecule has 0 fully saturated rings. The van der Waals surface area contributed by atoms with Crippen LogP contribution in [-0.2, 0) is 6.42 Å². The van der Waals surface area contributed by atoms with Crippen molar-refractivity contribution >= 4 is 22.9 Å². The minimum atomic E-state index is -0.0209. The van der Waals surface area contributed by atoms with E-state index >= 15 is 0 Å². The van der Waals surface area contributed by atoms with Gasteiger partial charge < -0.3 is 4.74 Å². The molecule has 0 radical (unpaired) electrons. The zero-order chi connectivity index (χ0) is 10.3. The second-order valence-electron chi connectivity index (χ2n) is 3.31. The molecule has 1 aromatic heterocycles. The smallest absolute Gasteiger partial charge is 0.207 e. The van der Waals surface area contributed by atoms with Crippen LogP contribution in [0.25, 0.3) is 0 Å². The van der Waals surface area contributed by atoms with E-state index in [2.05, 4.69) is 16.3 Å². The molecule has 1 aliphatic heterocycles. The fraction of sp³-hybridized carbons (Fsp3) is 0.200. The molecule has 3 nitrogen and oxygen atoms in total. The second kappa shape index (κ2) is 3.47. The topological polar surface area (TPSA) is 35.0 Å². The monoisotopic (exact) mass is 238 g/mol. The van der Waals surface area contributed by atoms with Crippen molar-refractivity contribution in [2.45, 2.75) is 12.5 Å². The summed E-state index contributed by atoms with van der Waals surface area (Å²) in [5, 5.41) is 8.61. The van der Waals surface area contributed by atoms with Gasteiger partial charge in [-0.3, -0.25) is 0 Å². The van der Waals surface area contributed by atoms with Gasteiger partial charge in [-0.2, -0.15) is 0 Å². The van der Waals surface area contributed by atoms with Gasteiger partial charge in [0.25, 0.3) is 0 Å². The van der Waals surface area contributed by atoms with Crippen molar-refractivity contribution in [1.29, 1.82) is 0 Å². The van der Waals surface area contributed by atoms with Gasteiger partial charge in [0.15, 0.2) is 11.1 Å². The minimum absolute atomic E-state index is 0.0209. The van der Waals surface area contributed by atoms with E-state index in [4.69, 9.17) is 16.3 Å². The van der Waals surface area contributed by atoms with Crippen molar-refractivity contribution < 1.29 is 4.74 Å². The number of hydrogen-bond acceptors (Lipinski definition) is 4. The van der Waals surface area contributed by atoms with Gasteiger partial charge in [0.2, 0.25) is 4.47 Å². The van der Waals surface area contributed by atoms with E-state index in [1.165, 1.54) is 16.9 Å². The number of fused-ring (bicyclic) bond motifs is 1. The molecule has 2 heterocycles. The van der Waals surface area contributed by atoms with Crippen LogP contribution in [0, 0.1) is 0 Å². The number of ether oxygens (including phenoxy) is 1. The first kappa shape index (κ1) is 9.12. The molecule has 3 rings (SSSR count). The number of benzene rings is 1. The summed E-state index contributed by atoms with van der Waals surface area (Å²) in [6.07, 6.45) is 0.828. The zero-order valence-corrected chi connectivity index (χ0v) is 9.26. The number of rotatable bonds is 1. The van der Waals surface area contributed by atoms with Gasteiger partial charge in [0.1, 0.15) is 5.75 Å². The van der Waals surface area contributed by atoms with Crippen molar-refractivity contribution in [2.24, 2.45) is 0 Å². The van der Waals surface area contributed by atoms with Crippen LogP contribution in [0.2, 0.25) is 4.47 Å². The van der Waals surface area contributed by atoms with Crippen LogP contribution >= 0.6 is 22.9 Å². The standard InChI is InChI=1S/C10H7ClN2OS/c11-10-13-12-9(15-10)8-5-6-3-1-2-4-7(6)14-8/h1-4,8H,5H2. The first-order valence-electron chi connectivity index (χ1n) is 4.56. The lowest BCUT2D eigenvalue weighted by atomic mass is 10.1. The van der Waals surface area contributed by atoms with Crippen molar-refractivity contribution in [3.05, 3.63) is 39.3 Å². The van der Waals surface area contributed by atoms with E-state index in [0.29, 0.717) is 4.47 Å². The Morgan fingerprint density at radius 3 is 2.93 bits per heavy atom. The minimum Gasteiger partial charge on any atom is -0.483 e. The van der Waals surface area contributed by atoms with Crippen LogP contribution in [0.5, 0.6) is 5.75 Å². The Kier molecular flexibility index (Phi) is 2.11. The van der Waals surface area contributed by atoms with E-state index in [9.17, 15) is 0 Å². The molecule has 1 atom stereocenters. The third kappa shape index (κ3) is 1.60. The highest BCUT2D eigenvalue weighted by molar-refractivity contribution is 7.15. The number of nitrogens with zero attached hydrogens (tertiary/aromatic N) is 2. The van der Waals surface area contributed by atoms with Crippen LogP contribution in [0.1, 0.15) is 16.7 Å². The molecular formula is C10H7ClN2OS. The van der Waals surface area contributed by atoms with Crippen molar-refractivity contribution in [1.82, 2.24) is 10.2 Å². The predicted molar refractivity (Wildman–Crippen MR) is 58.4 cm³/mol. The molecule has 1 aromatic carbocycles. The molecule has 2 aromatic rings. The lowest BCUT2D eigenvalue weighted by Crippen LogP contribution is -2.02. The predicted octanol–water partition coefficient (Wildman–Crippen LogP) is 2.87. The Morgan fingerprint density at radius 2 is 2.20 bits per heavy atom. The fourth-order valence-corrected chi connectivity index (χ4v) is 2.54. The van der Waals surface area contributed by atoms with E-state index in [0.717, 1.165) is 17.2 Å². The summed E-state index contributed by atoms with van der Waals surface area (Å²) in [5.74, 6) is 0.939. The molecule has 1 aliphatic rings. The lowest BCUT2D eigenvalue weighted by Gasteiger charge is -2.04. The fourth-order valence-electron chi connectivity index (χ4n) is 1.67. The van der Waals surface area contributed by atoms with E-state index in [-0.39, 0.29) is 6.10 Å². The molecule has 0 bridgehead atoms. The summed E-state index contributed by atoms with van der Waals surface area (Å²) in [6, 6.07) is 8.02. The molecular weight excluding hydrogens is 232 g/mol. The third-order valence-corrected chi connectivity index (χ3v) is 3.45. The number of hydrogen-bond donors (Lipinski definition) is 0. The van der Waals surface area contributed by atoms with E-state index in [1.54, 1.807) is 0 Å². The van der Waals surface area contributed by atoms with Crippen LogP contribution < -0.4 is 4.74 Å². The third-order valence-electron chi connectivity index (χ3n) is 2.34. The molecule has 5 heteroatoms. The maximum absolute atomic E-state index is 5.76. The Balaban J connectivity index is 1.90. The Morgan fingerprint density at radius 1 is 1.33 bits per heavy atom. The maximum Gasteiger partial charge on any atom is 0.207 e. The molecule has 0 saturated heterocycles. The summed E-state index contributed by atoms with van der Waals surface area (Å²) >= 11 is 7.11. The molecule has 15 heavy (non-hydrogen) atoms. The average Bonchev–Trinajstić information content (AvgIpc) is 2.82. The van der Waals surface area contributed by atoms with Crippen molar-refractivity contribution in [3.8, 4) is 5.75 Å². The van der Waals surface area contributed by atoms with Crippen molar-refractivity contribution in [2.75, 3.05) is 0 Å². The Hall–Kier alpha value is -1.13. The van der Waals surface area contributed by atoms with Crippen LogP contribution in [-0.4, -0.2) is 10.2 Å². The first-order chi connectivity index (χ1) is 7.33. The van der Waals surface area contributed by atoms with Crippen molar-refractivity contribution in [3.63, 3.8) is 0 Å². The van der Waals surface area contributed by atoms with Gasteiger partial charge in [-0.05, 0) is 23.2 Å². The van der Waals surface area contributed by atoms with Gasteiger partial charge in [-0.15, -0.1) is 10.2 Å². The molecule has 76 valence electrons. The van der Waals surface area contributed by atoms with Gasteiger partial charge in [0.05, 0.1) is 0 Å². The Labute approximate surface area is 95.7 Å². The number of aromatic nitrogens is 2. The molecule has 0 N–H and O–H groups in total. The molecule has 1 unspecified atom stereocenters. The maximum atomic E-state index is 5.76. The first-order valence-corrected chi connectivity index (χ1v) is 5.76. The highest BCUT2D eigenvalue weighted by atomic mass is 35.5. The van der Waals surface area contributed by atoms with Gasteiger partial charge >= 0.3 is 0 Å². The normalized spacial score (nSPS) is 18.6. The van der Waals surface area contributed by atoms with Crippen LogP contribution in [0.15, 0.2) is 24.3 Å². The van der Waals surface area contributed by atoms with Gasteiger partial charge in [-0.1, -0.05) is 29.5 Å². The molecule has 0 saturated carbocycles. The highest BCUT2D eigenvalue weighted by Gasteiger charge is 2.26. The summed E-state index contributed by atoms with van der Waals surface area (Å²) in [5.41, 5.74) is 1.22.